The Kier molecular flexibility index (Phi) is 6.79. The van der Waals surface area contributed by atoms with E-state index in [9.17, 15) is 9.90 Å². The van der Waals surface area contributed by atoms with E-state index in [1.807, 2.05) is 31.1 Å². The second-order valence-corrected chi connectivity index (χ2v) is 9.27. The van der Waals surface area contributed by atoms with Gasteiger partial charge in [0.2, 0.25) is 0 Å². The number of hydrogen-bond acceptors (Lipinski definition) is 4. The number of nitrogens with zero attached hydrogens (tertiary/aromatic N) is 2. The van der Waals surface area contributed by atoms with Crippen LogP contribution in [0, 0.1) is 17.8 Å². The van der Waals surface area contributed by atoms with Crippen molar-refractivity contribution in [2.45, 2.75) is 63.4 Å². The van der Waals surface area contributed by atoms with Crippen LogP contribution in [0.2, 0.25) is 0 Å². The van der Waals surface area contributed by atoms with E-state index in [4.69, 9.17) is 4.74 Å². The van der Waals surface area contributed by atoms with Crippen LogP contribution in [0.4, 0.5) is 4.79 Å². The summed E-state index contributed by atoms with van der Waals surface area (Å²) in [6, 6.07) is 6.14. The van der Waals surface area contributed by atoms with E-state index in [-0.39, 0.29) is 11.5 Å². The molecule has 0 heterocycles. The molecule has 0 bridgehead atoms. The summed E-state index contributed by atoms with van der Waals surface area (Å²) in [6.45, 7) is 5.48. The van der Waals surface area contributed by atoms with Crippen LogP contribution < -0.4 is 4.74 Å². The van der Waals surface area contributed by atoms with Gasteiger partial charge in [0.05, 0.1) is 0 Å². The highest BCUT2D eigenvalue weighted by molar-refractivity contribution is 5.70. The zero-order chi connectivity index (χ0) is 21.9. The second-order valence-electron chi connectivity index (χ2n) is 9.27. The zero-order valence-electron chi connectivity index (χ0n) is 19.1. The minimum Gasteiger partial charge on any atom is -0.410 e. The number of carbonyl (C=O) groups is 1. The summed E-state index contributed by atoms with van der Waals surface area (Å²) in [5.74, 6) is 7.02. The molecule has 1 N–H and O–H groups in total. The molecule has 0 aliphatic heterocycles. The molecule has 1 saturated carbocycles. The number of hydrogen-bond donors (Lipinski definition) is 1. The fourth-order valence-electron chi connectivity index (χ4n) is 5.35. The third kappa shape index (κ3) is 4.50. The maximum absolute atomic E-state index is 12.4. The lowest BCUT2D eigenvalue weighted by atomic mass is 9.53. The van der Waals surface area contributed by atoms with Gasteiger partial charge in [0.1, 0.15) is 11.4 Å². The van der Waals surface area contributed by atoms with Gasteiger partial charge in [0.25, 0.3) is 0 Å². The molecule has 5 nitrogen and oxygen atoms in total. The van der Waals surface area contributed by atoms with Gasteiger partial charge in [-0.1, -0.05) is 18.9 Å². The minimum absolute atomic E-state index is 0.0836. The van der Waals surface area contributed by atoms with Gasteiger partial charge in [-0.05, 0) is 94.1 Å². The Morgan fingerprint density at radius 3 is 2.70 bits per heavy atom. The molecule has 2 aliphatic rings. The first-order valence-corrected chi connectivity index (χ1v) is 11.1. The predicted molar refractivity (Wildman–Crippen MR) is 120 cm³/mol. The molecule has 0 spiro atoms. The summed E-state index contributed by atoms with van der Waals surface area (Å²) in [5, 5.41) is 10.9. The number of carbonyl (C=O) groups excluding carboxylic acids is 1. The second kappa shape index (κ2) is 8.99. The van der Waals surface area contributed by atoms with Crippen molar-refractivity contribution in [2.75, 3.05) is 34.2 Å². The summed E-state index contributed by atoms with van der Waals surface area (Å²) in [4.78, 5) is 16.1. The lowest BCUT2D eigenvalue weighted by molar-refractivity contribution is -0.00925. The average Bonchev–Trinajstić information content (AvgIpc) is 2.71. The first-order chi connectivity index (χ1) is 14.2. The Hall–Kier alpha value is -2.03. The van der Waals surface area contributed by atoms with E-state index in [2.05, 4.69) is 24.8 Å². The Morgan fingerprint density at radius 2 is 2.03 bits per heavy atom. The first kappa shape index (κ1) is 22.7. The number of fused-ring (bicyclic) bond motifs is 3. The number of likely N-dealkylation sites (N-methyl/N-ethyl adjacent to an activating group) is 2. The van der Waals surface area contributed by atoms with Crippen molar-refractivity contribution in [3.8, 4) is 17.6 Å². The van der Waals surface area contributed by atoms with Crippen LogP contribution in [0.25, 0.3) is 0 Å². The van der Waals surface area contributed by atoms with Gasteiger partial charge < -0.3 is 19.6 Å². The Bertz CT molecular complexity index is 841. The molecule has 0 saturated heterocycles. The highest BCUT2D eigenvalue weighted by Crippen LogP contribution is 2.54. The molecule has 0 aromatic heterocycles. The molecule has 2 aliphatic carbocycles. The van der Waals surface area contributed by atoms with Crippen molar-refractivity contribution in [3.05, 3.63) is 29.3 Å². The number of benzene rings is 1. The lowest BCUT2D eigenvalue weighted by Crippen LogP contribution is -2.49. The van der Waals surface area contributed by atoms with Gasteiger partial charge in [-0.3, -0.25) is 0 Å². The number of ether oxygens (including phenoxy) is 1. The van der Waals surface area contributed by atoms with E-state index in [0.717, 1.165) is 38.6 Å². The van der Waals surface area contributed by atoms with Crippen LogP contribution in [-0.4, -0.2) is 60.8 Å². The highest BCUT2D eigenvalue weighted by atomic mass is 16.6. The largest absolute Gasteiger partial charge is 0.415 e. The quantitative estimate of drug-likeness (QED) is 0.747. The topological polar surface area (TPSA) is 53.0 Å². The molecule has 3 rings (SSSR count). The lowest BCUT2D eigenvalue weighted by Gasteiger charge is -2.52. The fourth-order valence-corrected chi connectivity index (χ4v) is 5.35. The molecular formula is C25H36N2O3. The van der Waals surface area contributed by atoms with Crippen LogP contribution in [0.15, 0.2) is 18.2 Å². The molecule has 5 heteroatoms. The zero-order valence-corrected chi connectivity index (χ0v) is 19.1. The van der Waals surface area contributed by atoms with Crippen molar-refractivity contribution < 1.29 is 14.6 Å². The van der Waals surface area contributed by atoms with E-state index in [0.29, 0.717) is 24.6 Å². The number of aryl methyl sites for hydroxylation is 1. The molecule has 1 fully saturated rings. The summed E-state index contributed by atoms with van der Waals surface area (Å²) < 4.78 is 5.65. The monoisotopic (exact) mass is 412 g/mol. The molecular weight excluding hydrogens is 376 g/mol. The third-order valence-electron chi connectivity index (χ3n) is 7.11. The van der Waals surface area contributed by atoms with Crippen molar-refractivity contribution in [2.24, 2.45) is 5.92 Å². The third-order valence-corrected chi connectivity index (χ3v) is 7.11. The van der Waals surface area contributed by atoms with Gasteiger partial charge in [0, 0.05) is 20.1 Å². The van der Waals surface area contributed by atoms with Gasteiger partial charge in [-0.25, -0.2) is 4.79 Å². The maximum Gasteiger partial charge on any atom is 0.415 e. The van der Waals surface area contributed by atoms with Crippen LogP contribution in [0.5, 0.6) is 5.75 Å². The van der Waals surface area contributed by atoms with Crippen LogP contribution >= 0.6 is 0 Å². The normalized spacial score (nSPS) is 27.5. The van der Waals surface area contributed by atoms with Gasteiger partial charge in [-0.2, -0.15) is 0 Å². The Morgan fingerprint density at radius 1 is 1.27 bits per heavy atom. The fraction of sp³-hybridized carbons (Fsp3) is 0.640. The molecule has 1 aromatic rings. The number of aliphatic hydroxyl groups is 1. The molecule has 0 unspecified atom stereocenters. The highest BCUT2D eigenvalue weighted by Gasteiger charge is 2.50. The molecule has 164 valence electrons. The summed E-state index contributed by atoms with van der Waals surface area (Å²) in [5.41, 5.74) is 1.89. The van der Waals surface area contributed by atoms with Gasteiger partial charge >= 0.3 is 6.09 Å². The smallest absolute Gasteiger partial charge is 0.410 e. The molecule has 0 radical (unpaired) electrons. The molecule has 30 heavy (non-hydrogen) atoms. The van der Waals surface area contributed by atoms with Crippen molar-refractivity contribution >= 4 is 6.09 Å². The SMILES string of the molecule is CC#C[C@@]1(O)CC[C@@]2(CC)c3ccc(OC(=O)N(C)CCN(C)C)cc3CC[C@@H]2C1. The van der Waals surface area contributed by atoms with Gasteiger partial charge in [0.15, 0.2) is 0 Å². The van der Waals surface area contributed by atoms with E-state index in [1.165, 1.54) is 11.1 Å². The number of amides is 1. The number of rotatable bonds is 5. The minimum atomic E-state index is -0.845. The first-order valence-electron chi connectivity index (χ1n) is 11.1. The van der Waals surface area contributed by atoms with Crippen molar-refractivity contribution in [1.29, 1.82) is 0 Å². The standard InChI is InChI=1S/C25H36N2O3/c1-6-12-24(29)13-14-25(7-2)20(18-24)9-8-19-17-21(10-11-22(19)25)30-23(28)27(5)16-15-26(3)4/h10-11,17,20,29H,7-9,13-16,18H2,1-5H3/t20-,24-,25-/m1/s1. The molecule has 1 amide bonds. The van der Waals surface area contributed by atoms with Crippen molar-refractivity contribution in [3.63, 3.8) is 0 Å². The predicted octanol–water partition coefficient (Wildman–Crippen LogP) is 3.83. The summed E-state index contributed by atoms with van der Waals surface area (Å²) in [7, 11) is 5.74. The van der Waals surface area contributed by atoms with Crippen LogP contribution in [0.1, 0.15) is 57.1 Å². The van der Waals surface area contributed by atoms with Crippen LogP contribution in [-0.2, 0) is 11.8 Å². The molecule has 3 atom stereocenters. The van der Waals surface area contributed by atoms with Crippen LogP contribution in [0.3, 0.4) is 0 Å². The summed E-state index contributed by atoms with van der Waals surface area (Å²) in [6.07, 6.45) is 5.11. The summed E-state index contributed by atoms with van der Waals surface area (Å²) >= 11 is 0. The van der Waals surface area contributed by atoms with E-state index >= 15 is 0 Å². The van der Waals surface area contributed by atoms with Crippen molar-refractivity contribution in [1.82, 2.24) is 9.80 Å². The van der Waals surface area contributed by atoms with E-state index < -0.39 is 5.60 Å². The molecule has 1 aromatic carbocycles. The van der Waals surface area contributed by atoms with Gasteiger partial charge in [-0.15, -0.1) is 5.92 Å². The Balaban J connectivity index is 1.78. The Labute approximate surface area is 181 Å². The van der Waals surface area contributed by atoms with E-state index in [1.54, 1.807) is 18.9 Å². The average molecular weight is 413 g/mol. The maximum atomic E-state index is 12.4.